The second kappa shape index (κ2) is 8.48. The van der Waals surface area contributed by atoms with E-state index in [9.17, 15) is 15.0 Å². The number of carboxylic acids is 1. The number of carbonyl (C=O) groups excluding carboxylic acids is 1. The summed E-state index contributed by atoms with van der Waals surface area (Å²) in [6, 6.07) is 0. The summed E-state index contributed by atoms with van der Waals surface area (Å²) in [7, 11) is 3.91. The minimum absolute atomic E-state index is 0.342. The van der Waals surface area contributed by atoms with Crippen LogP contribution in [-0.2, 0) is 4.79 Å². The number of likely N-dealkylation sites (N-methyl/N-ethyl adjacent to an activating group) is 1. The zero-order chi connectivity index (χ0) is 14.2. The molecule has 0 bridgehead atoms. The molecule has 18 heavy (non-hydrogen) atoms. The summed E-state index contributed by atoms with van der Waals surface area (Å²) in [5.74, 6) is -1.49. The van der Waals surface area contributed by atoms with Gasteiger partial charge in [0.1, 0.15) is 12.6 Å². The average Bonchev–Trinajstić information content (AvgIpc) is 2.22. The van der Waals surface area contributed by atoms with Crippen molar-refractivity contribution in [2.45, 2.75) is 52.1 Å². The molecule has 2 unspecified atom stereocenters. The maximum atomic E-state index is 10.7. The smallest absolute Gasteiger partial charge is 0.105 e. The summed E-state index contributed by atoms with van der Waals surface area (Å²) in [5, 5.41) is 20.7. The van der Waals surface area contributed by atoms with Crippen molar-refractivity contribution in [3.8, 4) is 0 Å². The SMILES string of the molecule is CCCCCCC(O)C[N+](C)(C)CC(C)C(=O)[O-]. The first-order valence-corrected chi connectivity index (χ1v) is 6.99. The third-order valence-corrected chi connectivity index (χ3v) is 3.27. The first-order chi connectivity index (χ1) is 8.28. The highest BCUT2D eigenvalue weighted by atomic mass is 16.4. The Hall–Kier alpha value is -0.610. The number of unbranched alkanes of at least 4 members (excludes halogenated alkanes) is 3. The summed E-state index contributed by atoms with van der Waals surface area (Å²) < 4.78 is 0.518. The second-order valence-electron chi connectivity index (χ2n) is 6.02. The number of hydrogen-bond acceptors (Lipinski definition) is 3. The van der Waals surface area contributed by atoms with Gasteiger partial charge in [-0.1, -0.05) is 39.5 Å². The predicted octanol–water partition coefficient (Wildman–Crippen LogP) is 0.780. The first-order valence-electron chi connectivity index (χ1n) is 6.99. The Morgan fingerprint density at radius 3 is 2.33 bits per heavy atom. The van der Waals surface area contributed by atoms with Crippen LogP contribution in [0, 0.1) is 5.92 Å². The largest absolute Gasteiger partial charge is 0.550 e. The fourth-order valence-corrected chi connectivity index (χ4v) is 2.36. The Labute approximate surface area is 111 Å². The van der Waals surface area contributed by atoms with Gasteiger partial charge in [0, 0.05) is 11.9 Å². The summed E-state index contributed by atoms with van der Waals surface area (Å²) in [6.45, 7) is 4.92. The molecular formula is C14H29NO3. The standard InChI is InChI=1S/C14H29NO3/c1-5-6-7-8-9-13(16)11-15(3,4)10-12(2)14(17)18/h12-13,16H,5-11H2,1-4H3. The van der Waals surface area contributed by atoms with Crippen molar-refractivity contribution >= 4 is 5.97 Å². The zero-order valence-corrected chi connectivity index (χ0v) is 12.3. The van der Waals surface area contributed by atoms with Crippen molar-refractivity contribution in [1.82, 2.24) is 0 Å². The van der Waals surface area contributed by atoms with Gasteiger partial charge in [0.15, 0.2) is 0 Å². The Kier molecular flexibility index (Phi) is 8.20. The highest BCUT2D eigenvalue weighted by Gasteiger charge is 2.23. The Bertz CT molecular complexity index is 241. The number of carbonyl (C=O) groups is 1. The number of quaternary nitrogens is 1. The number of rotatable bonds is 10. The summed E-state index contributed by atoms with van der Waals surface area (Å²) in [6.07, 6.45) is 5.09. The highest BCUT2D eigenvalue weighted by molar-refractivity contribution is 5.67. The monoisotopic (exact) mass is 259 g/mol. The van der Waals surface area contributed by atoms with E-state index in [1.54, 1.807) is 6.92 Å². The van der Waals surface area contributed by atoms with Crippen LogP contribution in [-0.4, -0.2) is 48.8 Å². The lowest BCUT2D eigenvalue weighted by Crippen LogP contribution is -2.50. The highest BCUT2D eigenvalue weighted by Crippen LogP contribution is 2.11. The van der Waals surface area contributed by atoms with E-state index >= 15 is 0 Å². The molecule has 0 rings (SSSR count). The lowest BCUT2D eigenvalue weighted by atomic mass is 10.1. The van der Waals surface area contributed by atoms with E-state index in [0.29, 0.717) is 17.6 Å². The molecule has 1 N–H and O–H groups in total. The Morgan fingerprint density at radius 1 is 1.22 bits per heavy atom. The van der Waals surface area contributed by atoms with Crippen molar-refractivity contribution in [3.05, 3.63) is 0 Å². The van der Waals surface area contributed by atoms with Gasteiger partial charge in [-0.2, -0.15) is 0 Å². The Morgan fingerprint density at radius 2 is 1.83 bits per heavy atom. The van der Waals surface area contributed by atoms with Crippen LogP contribution in [0.15, 0.2) is 0 Å². The molecule has 4 heteroatoms. The third kappa shape index (κ3) is 8.48. The summed E-state index contributed by atoms with van der Waals surface area (Å²) in [5.41, 5.74) is 0. The molecule has 4 nitrogen and oxygen atoms in total. The molecule has 0 fully saturated rings. The minimum atomic E-state index is -1.02. The first kappa shape index (κ1) is 17.4. The molecule has 108 valence electrons. The maximum absolute atomic E-state index is 10.7. The van der Waals surface area contributed by atoms with Crippen molar-refractivity contribution in [3.63, 3.8) is 0 Å². The molecule has 0 aromatic heterocycles. The molecule has 0 spiro atoms. The predicted molar refractivity (Wildman–Crippen MR) is 70.8 cm³/mol. The van der Waals surface area contributed by atoms with E-state index < -0.39 is 11.9 Å². The van der Waals surface area contributed by atoms with Crippen molar-refractivity contribution < 1.29 is 19.5 Å². The van der Waals surface area contributed by atoms with E-state index in [4.69, 9.17) is 0 Å². The van der Waals surface area contributed by atoms with Gasteiger partial charge in [0.2, 0.25) is 0 Å². The average molecular weight is 259 g/mol. The van der Waals surface area contributed by atoms with Crippen molar-refractivity contribution in [2.24, 2.45) is 5.92 Å². The number of carboxylic acid groups (broad SMARTS) is 1. The van der Waals surface area contributed by atoms with Crippen molar-refractivity contribution in [1.29, 1.82) is 0 Å². The summed E-state index contributed by atoms with van der Waals surface area (Å²) >= 11 is 0. The van der Waals surface area contributed by atoms with Crippen LogP contribution < -0.4 is 5.11 Å². The topological polar surface area (TPSA) is 60.4 Å². The molecule has 0 aliphatic heterocycles. The van der Waals surface area contributed by atoms with E-state index in [2.05, 4.69) is 6.92 Å². The lowest BCUT2D eigenvalue weighted by Gasteiger charge is -2.34. The third-order valence-electron chi connectivity index (χ3n) is 3.27. The van der Waals surface area contributed by atoms with Gasteiger partial charge in [-0.05, 0) is 6.42 Å². The van der Waals surface area contributed by atoms with Crippen molar-refractivity contribution in [2.75, 3.05) is 27.2 Å². The number of nitrogens with zero attached hydrogens (tertiary/aromatic N) is 1. The van der Waals surface area contributed by atoms with Gasteiger partial charge in [-0.3, -0.25) is 0 Å². The number of aliphatic hydroxyl groups is 1. The van der Waals surface area contributed by atoms with Crippen LogP contribution in [0.2, 0.25) is 0 Å². The normalized spacial score (nSPS) is 15.4. The van der Waals surface area contributed by atoms with Crippen LogP contribution in [0.3, 0.4) is 0 Å². The molecule has 0 aliphatic carbocycles. The molecular weight excluding hydrogens is 230 g/mol. The van der Waals surface area contributed by atoms with Crippen LogP contribution >= 0.6 is 0 Å². The van der Waals surface area contributed by atoms with Crippen LogP contribution in [0.25, 0.3) is 0 Å². The van der Waals surface area contributed by atoms with Crippen LogP contribution in [0.5, 0.6) is 0 Å². The van der Waals surface area contributed by atoms with E-state index in [-0.39, 0.29) is 6.10 Å². The fraction of sp³-hybridized carbons (Fsp3) is 0.929. The quantitative estimate of drug-likeness (QED) is 0.466. The minimum Gasteiger partial charge on any atom is -0.550 e. The molecule has 0 aromatic rings. The molecule has 0 radical (unpaired) electrons. The van der Waals surface area contributed by atoms with Gasteiger partial charge in [0.25, 0.3) is 0 Å². The van der Waals surface area contributed by atoms with Gasteiger partial charge in [-0.25, -0.2) is 0 Å². The fourth-order valence-electron chi connectivity index (χ4n) is 2.36. The second-order valence-corrected chi connectivity index (χ2v) is 6.02. The number of aliphatic hydroxyl groups excluding tert-OH is 1. The lowest BCUT2D eigenvalue weighted by molar-refractivity contribution is -0.895. The van der Waals surface area contributed by atoms with Crippen LogP contribution in [0.4, 0.5) is 0 Å². The zero-order valence-electron chi connectivity index (χ0n) is 12.3. The molecule has 0 aliphatic rings. The molecule has 2 atom stereocenters. The molecule has 0 amide bonds. The van der Waals surface area contributed by atoms with Gasteiger partial charge >= 0.3 is 0 Å². The molecule has 0 heterocycles. The molecule has 0 saturated heterocycles. The van der Waals surface area contributed by atoms with Gasteiger partial charge in [0.05, 0.1) is 20.6 Å². The van der Waals surface area contributed by atoms with Crippen LogP contribution in [0.1, 0.15) is 46.0 Å². The molecule has 0 saturated carbocycles. The Balaban J connectivity index is 3.95. The maximum Gasteiger partial charge on any atom is 0.105 e. The number of aliphatic carboxylic acids is 1. The van der Waals surface area contributed by atoms with E-state index in [1.165, 1.54) is 12.8 Å². The molecule has 0 aromatic carbocycles. The van der Waals surface area contributed by atoms with Gasteiger partial charge < -0.3 is 19.5 Å². The van der Waals surface area contributed by atoms with E-state index in [1.807, 2.05) is 14.1 Å². The van der Waals surface area contributed by atoms with Gasteiger partial charge in [-0.15, -0.1) is 0 Å². The van der Waals surface area contributed by atoms with E-state index in [0.717, 1.165) is 19.3 Å². The summed E-state index contributed by atoms with van der Waals surface area (Å²) in [4.78, 5) is 10.7. The number of hydrogen-bond donors (Lipinski definition) is 1.